The smallest absolute Gasteiger partial charge is 0.261 e. The fraction of sp³-hybridized carbons (Fsp3) is 0.250. The van der Waals surface area contributed by atoms with Gasteiger partial charge in [0.25, 0.3) is 5.91 Å². The summed E-state index contributed by atoms with van der Waals surface area (Å²) < 4.78 is 35.1. The Bertz CT molecular complexity index is 1160. The molecule has 0 bridgehead atoms. The van der Waals surface area contributed by atoms with Gasteiger partial charge in [0, 0.05) is 17.6 Å². The van der Waals surface area contributed by atoms with Gasteiger partial charge in [-0.3, -0.25) is 9.10 Å². The highest BCUT2D eigenvalue weighted by Crippen LogP contribution is 2.21. The first-order chi connectivity index (χ1) is 14.6. The topological polar surface area (TPSA) is 115 Å². The zero-order valence-electron chi connectivity index (χ0n) is 17.1. The third-order valence-corrected chi connectivity index (χ3v) is 5.79. The summed E-state index contributed by atoms with van der Waals surface area (Å²) in [5, 5.41) is 7.11. The van der Waals surface area contributed by atoms with Crippen LogP contribution in [0.4, 0.5) is 5.69 Å². The zero-order valence-corrected chi connectivity index (χ0v) is 18.6. The van der Waals surface area contributed by atoms with E-state index in [2.05, 4.69) is 15.5 Å². The number of ether oxygens (including phenoxy) is 1. The lowest BCUT2D eigenvalue weighted by molar-refractivity contribution is -0.127. The van der Waals surface area contributed by atoms with Crippen molar-refractivity contribution in [2.45, 2.75) is 19.6 Å². The van der Waals surface area contributed by atoms with Crippen molar-refractivity contribution in [1.82, 2.24) is 15.5 Å². The Labute approximate surface area is 185 Å². The summed E-state index contributed by atoms with van der Waals surface area (Å²) in [5.74, 6) is 0.660. The number of hydrogen-bond acceptors (Lipinski definition) is 7. The van der Waals surface area contributed by atoms with Crippen molar-refractivity contribution in [2.24, 2.45) is 0 Å². The monoisotopic (exact) mass is 464 g/mol. The van der Waals surface area contributed by atoms with Crippen molar-refractivity contribution in [2.75, 3.05) is 17.6 Å². The SMILES string of the molecule is CC(Oc1ccc(N(C)S(C)(=O)=O)cc1)C(=O)NCc1nc(-c2cccc(Cl)c2)no1. The highest BCUT2D eigenvalue weighted by molar-refractivity contribution is 7.92. The molecule has 0 fully saturated rings. The molecule has 1 aromatic heterocycles. The molecule has 1 amide bonds. The van der Waals surface area contributed by atoms with Gasteiger partial charge in [0.1, 0.15) is 5.75 Å². The minimum Gasteiger partial charge on any atom is -0.481 e. The lowest BCUT2D eigenvalue weighted by Crippen LogP contribution is -2.36. The summed E-state index contributed by atoms with van der Waals surface area (Å²) >= 11 is 5.96. The maximum absolute atomic E-state index is 12.3. The van der Waals surface area contributed by atoms with Crippen LogP contribution in [0.1, 0.15) is 12.8 Å². The number of hydrogen-bond donors (Lipinski definition) is 1. The van der Waals surface area contributed by atoms with Gasteiger partial charge in [-0.2, -0.15) is 4.98 Å². The quantitative estimate of drug-likeness (QED) is 0.545. The molecule has 1 atom stereocenters. The number of benzene rings is 2. The van der Waals surface area contributed by atoms with Crippen molar-refractivity contribution in [3.05, 3.63) is 59.4 Å². The predicted octanol–water partition coefficient (Wildman–Crippen LogP) is 2.87. The molecule has 9 nitrogen and oxygen atoms in total. The van der Waals surface area contributed by atoms with E-state index in [1.165, 1.54) is 7.05 Å². The molecule has 164 valence electrons. The van der Waals surface area contributed by atoms with E-state index in [9.17, 15) is 13.2 Å². The molecule has 11 heteroatoms. The Balaban J connectivity index is 1.54. The van der Waals surface area contributed by atoms with Gasteiger partial charge in [0.2, 0.25) is 21.7 Å². The second kappa shape index (κ2) is 9.36. The molecule has 0 radical (unpaired) electrons. The van der Waals surface area contributed by atoms with Crippen molar-refractivity contribution in [3.8, 4) is 17.1 Å². The zero-order chi connectivity index (χ0) is 22.6. The van der Waals surface area contributed by atoms with Gasteiger partial charge in [0.05, 0.1) is 18.5 Å². The number of halogens is 1. The number of carbonyl (C=O) groups excluding carboxylic acids is 1. The number of nitrogens with zero attached hydrogens (tertiary/aromatic N) is 3. The predicted molar refractivity (Wildman–Crippen MR) is 116 cm³/mol. The number of rotatable bonds is 8. The highest BCUT2D eigenvalue weighted by atomic mass is 35.5. The van der Waals surface area contributed by atoms with Crippen LogP contribution in [-0.2, 0) is 21.4 Å². The van der Waals surface area contributed by atoms with Crippen LogP contribution in [0.5, 0.6) is 5.75 Å². The standard InChI is InChI=1S/C20H21ClN4O5S/c1-13(29-17-9-7-16(8-10-17)25(2)31(3,27)28)20(26)22-12-18-23-19(24-30-18)14-5-4-6-15(21)11-14/h4-11,13H,12H2,1-3H3,(H,22,26). The number of anilines is 1. The maximum atomic E-state index is 12.3. The molecule has 0 spiro atoms. The van der Waals surface area contributed by atoms with E-state index in [0.717, 1.165) is 10.6 Å². The summed E-state index contributed by atoms with van der Waals surface area (Å²) in [6.45, 7) is 1.63. The molecule has 1 N–H and O–H groups in total. The molecule has 0 saturated carbocycles. The fourth-order valence-corrected chi connectivity index (χ4v) is 3.26. The van der Waals surface area contributed by atoms with Crippen LogP contribution in [-0.4, -0.2) is 43.9 Å². The van der Waals surface area contributed by atoms with Gasteiger partial charge in [-0.25, -0.2) is 8.42 Å². The van der Waals surface area contributed by atoms with Crippen molar-refractivity contribution >= 4 is 33.2 Å². The Hall–Kier alpha value is -3.11. The average Bonchev–Trinajstić information content (AvgIpc) is 3.20. The van der Waals surface area contributed by atoms with Gasteiger partial charge < -0.3 is 14.6 Å². The molecule has 0 aliphatic rings. The molecule has 3 rings (SSSR count). The van der Waals surface area contributed by atoms with Crippen LogP contribution in [0.3, 0.4) is 0 Å². The second-order valence-corrected chi connectivity index (χ2v) is 9.17. The van der Waals surface area contributed by atoms with E-state index in [1.54, 1.807) is 55.5 Å². The van der Waals surface area contributed by atoms with Crippen LogP contribution in [0.15, 0.2) is 53.1 Å². The molecule has 1 unspecified atom stereocenters. The third kappa shape index (κ3) is 5.96. The summed E-state index contributed by atoms with van der Waals surface area (Å²) in [6, 6.07) is 13.4. The average molecular weight is 465 g/mol. The third-order valence-electron chi connectivity index (χ3n) is 4.34. The molecule has 3 aromatic rings. The maximum Gasteiger partial charge on any atom is 0.261 e. The first-order valence-electron chi connectivity index (χ1n) is 9.20. The van der Waals surface area contributed by atoms with E-state index < -0.39 is 16.1 Å². The summed E-state index contributed by atoms with van der Waals surface area (Å²) in [7, 11) is -1.90. The molecular weight excluding hydrogens is 444 g/mol. The Kier molecular flexibility index (Phi) is 6.81. The number of nitrogens with one attached hydrogen (secondary N) is 1. The van der Waals surface area contributed by atoms with E-state index in [1.807, 2.05) is 0 Å². The lowest BCUT2D eigenvalue weighted by Gasteiger charge is -2.18. The molecule has 0 aliphatic heterocycles. The van der Waals surface area contributed by atoms with Gasteiger partial charge in [0.15, 0.2) is 6.10 Å². The summed E-state index contributed by atoms with van der Waals surface area (Å²) in [5.41, 5.74) is 1.19. The van der Waals surface area contributed by atoms with E-state index in [4.69, 9.17) is 20.9 Å². The van der Waals surface area contributed by atoms with E-state index in [-0.39, 0.29) is 18.3 Å². The number of carbonyl (C=O) groups is 1. The van der Waals surface area contributed by atoms with Gasteiger partial charge in [-0.05, 0) is 43.3 Å². The van der Waals surface area contributed by atoms with Crippen molar-refractivity contribution in [3.63, 3.8) is 0 Å². The Morgan fingerprint density at radius 3 is 2.61 bits per heavy atom. The number of aromatic nitrogens is 2. The molecule has 0 saturated heterocycles. The Morgan fingerprint density at radius 2 is 1.97 bits per heavy atom. The number of amides is 1. The van der Waals surface area contributed by atoms with Gasteiger partial charge in [-0.15, -0.1) is 0 Å². The largest absolute Gasteiger partial charge is 0.481 e. The van der Waals surface area contributed by atoms with Crippen LogP contribution >= 0.6 is 11.6 Å². The van der Waals surface area contributed by atoms with Gasteiger partial charge in [-0.1, -0.05) is 28.9 Å². The highest BCUT2D eigenvalue weighted by Gasteiger charge is 2.17. The molecule has 2 aromatic carbocycles. The molecule has 1 heterocycles. The second-order valence-electron chi connectivity index (χ2n) is 6.72. The summed E-state index contributed by atoms with van der Waals surface area (Å²) in [6.07, 6.45) is 0.319. The first kappa shape index (κ1) is 22.6. The molecular formula is C20H21ClN4O5S. The Morgan fingerprint density at radius 1 is 1.26 bits per heavy atom. The normalized spacial score (nSPS) is 12.3. The van der Waals surface area contributed by atoms with E-state index >= 15 is 0 Å². The van der Waals surface area contributed by atoms with Crippen LogP contribution < -0.4 is 14.4 Å². The van der Waals surface area contributed by atoms with Crippen molar-refractivity contribution in [1.29, 1.82) is 0 Å². The van der Waals surface area contributed by atoms with Crippen LogP contribution in [0, 0.1) is 0 Å². The first-order valence-corrected chi connectivity index (χ1v) is 11.4. The van der Waals surface area contributed by atoms with Gasteiger partial charge >= 0.3 is 0 Å². The molecule has 0 aliphatic carbocycles. The fourth-order valence-electron chi connectivity index (χ4n) is 2.56. The van der Waals surface area contributed by atoms with Crippen LogP contribution in [0.25, 0.3) is 11.4 Å². The minimum atomic E-state index is -3.36. The number of sulfonamides is 1. The summed E-state index contributed by atoms with van der Waals surface area (Å²) in [4.78, 5) is 16.6. The van der Waals surface area contributed by atoms with Crippen molar-refractivity contribution < 1.29 is 22.5 Å². The van der Waals surface area contributed by atoms with E-state index in [0.29, 0.717) is 27.8 Å². The minimum absolute atomic E-state index is 0.0399. The lowest BCUT2D eigenvalue weighted by atomic mass is 10.2. The van der Waals surface area contributed by atoms with Crippen LogP contribution in [0.2, 0.25) is 5.02 Å². The molecule has 31 heavy (non-hydrogen) atoms.